The number of pyridine rings is 1. The molecule has 1 N–H and O–H groups in total. The first-order valence-corrected chi connectivity index (χ1v) is 9.63. The van der Waals surface area contributed by atoms with Gasteiger partial charge in [-0.05, 0) is 18.2 Å². The van der Waals surface area contributed by atoms with E-state index >= 15 is 0 Å². The minimum Gasteiger partial charge on any atom is -0.465 e. The van der Waals surface area contributed by atoms with Crippen LogP contribution in [0.15, 0.2) is 36.5 Å². The maximum Gasteiger partial charge on any atom is 0.345 e. The summed E-state index contributed by atoms with van der Waals surface area (Å²) in [5.74, 6) is -2.56. The molecule has 1 aromatic heterocycles. The van der Waals surface area contributed by atoms with Crippen molar-refractivity contribution >= 4 is 39.6 Å². The number of carbonyl (C=O) groups excluding carboxylic acids is 1. The lowest BCUT2D eigenvalue weighted by Gasteiger charge is -2.29. The molecule has 0 atom stereocenters. The van der Waals surface area contributed by atoms with Gasteiger partial charge in [-0.25, -0.2) is 13.6 Å². The van der Waals surface area contributed by atoms with Crippen LogP contribution in [0.3, 0.4) is 0 Å². The number of methoxy groups -OCH3 is 1. The van der Waals surface area contributed by atoms with Crippen LogP contribution in [0.1, 0.15) is 10.4 Å². The molecule has 2 aromatic carbocycles. The number of nitrogens with zero attached hydrogens (tertiary/aromatic N) is 3. The van der Waals surface area contributed by atoms with Crippen LogP contribution in [0.4, 0.5) is 31.5 Å². The number of nitrogens with one attached hydrogen (secondary N) is 1. The minimum absolute atomic E-state index is 0.0349. The molecule has 0 unspecified atom stereocenters. The van der Waals surface area contributed by atoms with Crippen molar-refractivity contribution in [3.63, 3.8) is 0 Å². The third-order valence-corrected chi connectivity index (χ3v) is 5.09. The first-order valence-electron chi connectivity index (χ1n) is 9.63. The summed E-state index contributed by atoms with van der Waals surface area (Å²) >= 11 is 0. The SMILES string of the molecule is COC(=O)c1cc(N2CCOCC2)cc(Nc2ccnc3cc(F)cc(F)c23)c1[N+](=O)[O-]. The standard InChI is InChI=1S/C21H18F2N4O5/c1-31-21(28)14-10-13(26-4-6-32-7-5-26)11-18(20(14)27(29)30)25-16-2-3-24-17-9-12(22)8-15(23)19(16)17/h2-3,8-11H,4-7H2,1H3,(H,24,25). The molecule has 0 amide bonds. The highest BCUT2D eigenvalue weighted by atomic mass is 19.1. The second kappa shape index (κ2) is 8.71. The normalized spacial score (nSPS) is 13.8. The maximum atomic E-state index is 14.6. The van der Waals surface area contributed by atoms with Crippen LogP contribution in [0.25, 0.3) is 10.9 Å². The molecular formula is C21H18F2N4O5. The van der Waals surface area contributed by atoms with Gasteiger partial charge in [0.1, 0.15) is 22.9 Å². The van der Waals surface area contributed by atoms with Crippen LogP contribution >= 0.6 is 0 Å². The average molecular weight is 444 g/mol. The molecule has 0 bridgehead atoms. The summed E-state index contributed by atoms with van der Waals surface area (Å²) < 4.78 is 38.3. The Morgan fingerprint density at radius 2 is 1.97 bits per heavy atom. The van der Waals surface area contributed by atoms with Crippen molar-refractivity contribution in [3.05, 3.63) is 63.8 Å². The van der Waals surface area contributed by atoms with Crippen molar-refractivity contribution in [3.8, 4) is 0 Å². The Balaban J connectivity index is 1.90. The molecule has 2 heterocycles. The van der Waals surface area contributed by atoms with Gasteiger partial charge in [0.2, 0.25) is 0 Å². The van der Waals surface area contributed by atoms with Gasteiger partial charge < -0.3 is 19.7 Å². The van der Waals surface area contributed by atoms with Gasteiger partial charge in [-0.3, -0.25) is 15.1 Å². The van der Waals surface area contributed by atoms with Crippen LogP contribution in [0.5, 0.6) is 0 Å². The number of fused-ring (bicyclic) bond motifs is 1. The van der Waals surface area contributed by atoms with E-state index in [1.165, 1.54) is 24.4 Å². The molecule has 1 aliphatic heterocycles. The Morgan fingerprint density at radius 1 is 1.22 bits per heavy atom. The Hall–Kier alpha value is -3.86. The molecule has 3 aromatic rings. The molecule has 0 radical (unpaired) electrons. The zero-order valence-corrected chi connectivity index (χ0v) is 16.9. The number of rotatable bonds is 5. The monoisotopic (exact) mass is 444 g/mol. The molecule has 0 aliphatic carbocycles. The highest BCUT2D eigenvalue weighted by Crippen LogP contribution is 2.38. The lowest BCUT2D eigenvalue weighted by molar-refractivity contribution is -0.384. The summed E-state index contributed by atoms with van der Waals surface area (Å²) in [6.07, 6.45) is 1.32. The predicted molar refractivity (Wildman–Crippen MR) is 112 cm³/mol. The average Bonchev–Trinajstić information content (AvgIpc) is 2.78. The van der Waals surface area contributed by atoms with Crippen molar-refractivity contribution in [2.75, 3.05) is 43.6 Å². The molecule has 166 valence electrons. The fraction of sp³-hybridized carbons (Fsp3) is 0.238. The van der Waals surface area contributed by atoms with Crippen molar-refractivity contribution < 1.29 is 28.0 Å². The number of esters is 1. The van der Waals surface area contributed by atoms with Gasteiger partial charge in [-0.1, -0.05) is 0 Å². The van der Waals surface area contributed by atoms with E-state index in [0.29, 0.717) is 38.1 Å². The van der Waals surface area contributed by atoms with E-state index in [1.54, 1.807) is 0 Å². The smallest absolute Gasteiger partial charge is 0.345 e. The van der Waals surface area contributed by atoms with Gasteiger partial charge in [-0.15, -0.1) is 0 Å². The van der Waals surface area contributed by atoms with E-state index in [9.17, 15) is 23.7 Å². The van der Waals surface area contributed by atoms with Gasteiger partial charge in [0, 0.05) is 37.1 Å². The van der Waals surface area contributed by atoms with Gasteiger partial charge in [0.05, 0.1) is 41.8 Å². The minimum atomic E-state index is -0.886. The van der Waals surface area contributed by atoms with Crippen LogP contribution in [0.2, 0.25) is 0 Å². The van der Waals surface area contributed by atoms with Crippen LogP contribution < -0.4 is 10.2 Å². The summed E-state index contributed by atoms with van der Waals surface area (Å²) in [5, 5.41) is 14.7. The molecule has 1 fully saturated rings. The highest BCUT2D eigenvalue weighted by molar-refractivity contribution is 6.01. The molecule has 0 saturated carbocycles. The van der Waals surface area contributed by atoms with E-state index in [2.05, 4.69) is 10.3 Å². The Morgan fingerprint density at radius 3 is 2.66 bits per heavy atom. The van der Waals surface area contributed by atoms with Gasteiger partial charge in [0.15, 0.2) is 0 Å². The summed E-state index contributed by atoms with van der Waals surface area (Å²) in [6.45, 7) is 1.95. The summed E-state index contributed by atoms with van der Waals surface area (Å²) in [7, 11) is 1.13. The summed E-state index contributed by atoms with van der Waals surface area (Å²) in [6, 6.07) is 6.06. The van der Waals surface area contributed by atoms with Gasteiger partial charge >= 0.3 is 11.7 Å². The van der Waals surface area contributed by atoms with Crippen molar-refractivity contribution in [1.82, 2.24) is 4.98 Å². The summed E-state index contributed by atoms with van der Waals surface area (Å²) in [4.78, 5) is 29.4. The fourth-order valence-corrected chi connectivity index (χ4v) is 3.63. The quantitative estimate of drug-likeness (QED) is 0.360. The molecule has 9 nitrogen and oxygen atoms in total. The number of ether oxygens (including phenoxy) is 2. The predicted octanol–water partition coefficient (Wildman–Crippen LogP) is 3.79. The number of morpholine rings is 1. The fourth-order valence-electron chi connectivity index (χ4n) is 3.63. The Bertz CT molecular complexity index is 1210. The second-order valence-electron chi connectivity index (χ2n) is 7.00. The number of hydrogen-bond donors (Lipinski definition) is 1. The lowest BCUT2D eigenvalue weighted by Crippen LogP contribution is -2.36. The van der Waals surface area contributed by atoms with E-state index in [-0.39, 0.29) is 27.8 Å². The van der Waals surface area contributed by atoms with Gasteiger partial charge in [-0.2, -0.15) is 0 Å². The maximum absolute atomic E-state index is 14.6. The molecule has 1 aliphatic rings. The van der Waals surface area contributed by atoms with Crippen molar-refractivity contribution in [2.45, 2.75) is 0 Å². The highest BCUT2D eigenvalue weighted by Gasteiger charge is 2.29. The molecule has 4 rings (SSSR count). The number of nitro groups is 1. The topological polar surface area (TPSA) is 107 Å². The third kappa shape index (κ3) is 4.02. The summed E-state index contributed by atoms with van der Waals surface area (Å²) in [5.41, 5.74) is -0.129. The van der Waals surface area contributed by atoms with E-state index in [0.717, 1.165) is 13.2 Å². The number of aromatic nitrogens is 1. The zero-order valence-electron chi connectivity index (χ0n) is 16.9. The van der Waals surface area contributed by atoms with Crippen LogP contribution in [0, 0.1) is 21.7 Å². The molecule has 0 spiro atoms. The molecule has 1 saturated heterocycles. The first-order chi connectivity index (χ1) is 15.4. The molecule has 11 heteroatoms. The van der Waals surface area contributed by atoms with Crippen LogP contribution in [-0.2, 0) is 9.47 Å². The third-order valence-electron chi connectivity index (χ3n) is 5.09. The largest absolute Gasteiger partial charge is 0.465 e. The second-order valence-corrected chi connectivity index (χ2v) is 7.00. The van der Waals surface area contributed by atoms with E-state index < -0.39 is 28.2 Å². The van der Waals surface area contributed by atoms with Gasteiger partial charge in [0.25, 0.3) is 0 Å². The van der Waals surface area contributed by atoms with Crippen LogP contribution in [-0.4, -0.2) is 49.3 Å². The Kier molecular flexibility index (Phi) is 5.82. The molecular weight excluding hydrogens is 426 g/mol. The first kappa shape index (κ1) is 21.4. The lowest BCUT2D eigenvalue weighted by atomic mass is 10.1. The number of benzene rings is 2. The molecule has 32 heavy (non-hydrogen) atoms. The number of carbonyl (C=O) groups is 1. The van der Waals surface area contributed by atoms with E-state index in [4.69, 9.17) is 9.47 Å². The number of nitro benzene ring substituents is 1. The van der Waals surface area contributed by atoms with Crippen molar-refractivity contribution in [1.29, 1.82) is 0 Å². The van der Waals surface area contributed by atoms with E-state index in [1.807, 2.05) is 4.90 Å². The Labute approximate surface area is 180 Å². The number of hydrogen-bond acceptors (Lipinski definition) is 8. The number of anilines is 3. The zero-order chi connectivity index (χ0) is 22.8. The van der Waals surface area contributed by atoms with Crippen molar-refractivity contribution in [2.24, 2.45) is 0 Å². The number of halogens is 2.